The number of fused-ring (bicyclic) bond motifs is 10. The van der Waals surface area contributed by atoms with E-state index >= 15 is 0 Å². The third-order valence-corrected chi connectivity index (χ3v) is 11.9. The highest BCUT2D eigenvalue weighted by molar-refractivity contribution is 7.25. The molecule has 0 N–H and O–H groups in total. The topological polar surface area (TPSA) is 21.1 Å². The van der Waals surface area contributed by atoms with Crippen molar-refractivity contribution < 1.29 is 0 Å². The molecule has 51 heavy (non-hydrogen) atoms. The Morgan fingerprint density at radius 3 is 2.24 bits per heavy atom. The molecule has 2 unspecified atom stereocenters. The molecule has 0 spiro atoms. The van der Waals surface area contributed by atoms with E-state index in [2.05, 4.69) is 185 Å². The third kappa shape index (κ3) is 4.33. The molecule has 0 saturated heterocycles. The van der Waals surface area contributed by atoms with Crippen molar-refractivity contribution in [2.75, 3.05) is 4.90 Å². The second-order valence-electron chi connectivity index (χ2n) is 13.5. The summed E-state index contributed by atoms with van der Waals surface area (Å²) in [6.07, 6.45) is 9.15. The fourth-order valence-electron chi connectivity index (χ4n) is 8.45. The summed E-state index contributed by atoms with van der Waals surface area (Å²) in [7, 11) is 0. The summed E-state index contributed by atoms with van der Waals surface area (Å²) in [5.74, 6) is 1.16. The van der Waals surface area contributed by atoms with Crippen LogP contribution in [0.25, 0.3) is 70.2 Å². The van der Waals surface area contributed by atoms with Crippen molar-refractivity contribution in [2.24, 2.45) is 0 Å². The number of rotatable bonds is 4. The Morgan fingerprint density at radius 1 is 0.529 bits per heavy atom. The van der Waals surface area contributed by atoms with E-state index in [1.54, 1.807) is 0 Å². The number of allylic oxidation sites excluding steroid dienone is 2. The first kappa shape index (κ1) is 28.6. The number of aromatic nitrogens is 2. The van der Waals surface area contributed by atoms with Gasteiger partial charge in [-0.05, 0) is 65.2 Å². The molecule has 1 aliphatic carbocycles. The third-order valence-electron chi connectivity index (χ3n) is 10.7. The molecule has 6 aromatic carbocycles. The van der Waals surface area contributed by atoms with E-state index in [4.69, 9.17) is 4.98 Å². The molecule has 0 amide bonds. The highest BCUT2D eigenvalue weighted by Gasteiger charge is 2.40. The van der Waals surface area contributed by atoms with Crippen molar-refractivity contribution in [3.63, 3.8) is 0 Å². The number of nitrogens with zero attached hydrogens (tertiary/aromatic N) is 3. The van der Waals surface area contributed by atoms with Gasteiger partial charge >= 0.3 is 0 Å². The quantitative estimate of drug-likeness (QED) is 0.186. The molecule has 0 radical (unpaired) electrons. The zero-order valence-electron chi connectivity index (χ0n) is 27.6. The van der Waals surface area contributed by atoms with Crippen LogP contribution in [0.1, 0.15) is 11.5 Å². The lowest BCUT2D eigenvalue weighted by Gasteiger charge is -2.29. The highest BCUT2D eigenvalue weighted by Crippen LogP contribution is 2.53. The van der Waals surface area contributed by atoms with Crippen LogP contribution in [-0.4, -0.2) is 15.6 Å². The number of pyridine rings is 1. The maximum atomic E-state index is 5.31. The lowest BCUT2D eigenvalue weighted by Crippen LogP contribution is -2.28. The van der Waals surface area contributed by atoms with Gasteiger partial charge in [-0.3, -0.25) is 4.57 Å². The first-order valence-corrected chi connectivity index (χ1v) is 18.4. The summed E-state index contributed by atoms with van der Waals surface area (Å²) in [5, 5.41) is 5.11. The Labute approximate surface area is 299 Å². The van der Waals surface area contributed by atoms with E-state index in [1.165, 1.54) is 64.5 Å². The van der Waals surface area contributed by atoms with Crippen molar-refractivity contribution in [3.8, 4) is 28.2 Å². The van der Waals surface area contributed by atoms with E-state index < -0.39 is 0 Å². The number of hydrogen-bond acceptors (Lipinski definition) is 3. The monoisotopic (exact) mass is 669 g/mol. The van der Waals surface area contributed by atoms with E-state index in [0.29, 0.717) is 0 Å². The Bertz CT molecular complexity index is 2890. The van der Waals surface area contributed by atoms with Gasteiger partial charge < -0.3 is 4.90 Å². The van der Waals surface area contributed by atoms with Crippen LogP contribution in [-0.2, 0) is 0 Å². The summed E-state index contributed by atoms with van der Waals surface area (Å²) in [4.78, 5) is 7.90. The van der Waals surface area contributed by atoms with Gasteiger partial charge in [-0.25, -0.2) is 4.98 Å². The Morgan fingerprint density at radius 2 is 1.29 bits per heavy atom. The average molecular weight is 670 g/mol. The minimum atomic E-state index is 0.157. The van der Waals surface area contributed by atoms with Crippen molar-refractivity contribution in [1.29, 1.82) is 0 Å². The normalized spacial score (nSPS) is 16.4. The number of thiophene rings is 1. The standard InChI is InChI=1S/C47H31N3S/c1-2-12-30(13-3-1)40-19-11-23-45(48-40)50-42-21-8-5-17-35(42)38-26-25-37-34-16-4-7-20-41(34)49(46(37)47(38)50)33-15-10-14-31(28-33)32-24-27-44-39(29-32)36-18-6-9-22-43(36)51-44/h1-29,34,41H. The van der Waals surface area contributed by atoms with Gasteiger partial charge in [0.2, 0.25) is 0 Å². The van der Waals surface area contributed by atoms with Crippen LogP contribution < -0.4 is 4.90 Å². The molecule has 3 nitrogen and oxygen atoms in total. The zero-order chi connectivity index (χ0) is 33.5. The summed E-state index contributed by atoms with van der Waals surface area (Å²) in [6, 6.07) is 55.3. The number of para-hydroxylation sites is 1. The molecule has 0 saturated carbocycles. The van der Waals surface area contributed by atoms with Gasteiger partial charge in [0.05, 0.1) is 28.5 Å². The van der Waals surface area contributed by atoms with E-state index in [-0.39, 0.29) is 12.0 Å². The molecule has 0 fully saturated rings. The van der Waals surface area contributed by atoms with E-state index in [9.17, 15) is 0 Å². The van der Waals surface area contributed by atoms with Gasteiger partial charge in [0.15, 0.2) is 0 Å². The molecule has 11 rings (SSSR count). The fraction of sp³-hybridized carbons (Fsp3) is 0.0426. The van der Waals surface area contributed by atoms with Crippen LogP contribution in [0.3, 0.4) is 0 Å². The Balaban J connectivity index is 1.15. The SMILES string of the molecule is C1=CC2c3ccc4c5ccccc5n(-c5cccc(-c6ccccc6)n5)c4c3N(c3cccc(-c4ccc5sc6ccccc6c5c4)c3)C2C=C1. The molecule has 3 aromatic heterocycles. The van der Waals surface area contributed by atoms with Gasteiger partial charge in [0, 0.05) is 48.1 Å². The van der Waals surface area contributed by atoms with Crippen molar-refractivity contribution in [3.05, 3.63) is 182 Å². The lowest BCUT2D eigenvalue weighted by atomic mass is 9.91. The fourth-order valence-corrected chi connectivity index (χ4v) is 9.54. The van der Waals surface area contributed by atoms with Gasteiger partial charge in [-0.15, -0.1) is 11.3 Å². The number of benzene rings is 6. The van der Waals surface area contributed by atoms with Crippen LogP contribution in [0.4, 0.5) is 11.4 Å². The van der Waals surface area contributed by atoms with Gasteiger partial charge in [-0.2, -0.15) is 0 Å². The molecule has 2 atom stereocenters. The highest BCUT2D eigenvalue weighted by atomic mass is 32.1. The molecule has 9 aromatic rings. The minimum absolute atomic E-state index is 0.157. The summed E-state index contributed by atoms with van der Waals surface area (Å²) >= 11 is 1.87. The minimum Gasteiger partial charge on any atom is -0.332 e. The summed E-state index contributed by atoms with van der Waals surface area (Å²) < 4.78 is 5.05. The lowest BCUT2D eigenvalue weighted by molar-refractivity contribution is 0.745. The summed E-state index contributed by atoms with van der Waals surface area (Å²) in [6.45, 7) is 0. The van der Waals surface area contributed by atoms with Crippen LogP contribution in [0.5, 0.6) is 0 Å². The maximum Gasteiger partial charge on any atom is 0.138 e. The molecular weight excluding hydrogens is 639 g/mol. The van der Waals surface area contributed by atoms with Crippen molar-refractivity contribution in [2.45, 2.75) is 12.0 Å². The number of anilines is 2. The average Bonchev–Trinajstić information content (AvgIpc) is 3.86. The molecule has 4 heterocycles. The molecule has 2 aliphatic rings. The maximum absolute atomic E-state index is 5.31. The van der Waals surface area contributed by atoms with E-state index in [1.807, 2.05) is 11.3 Å². The van der Waals surface area contributed by atoms with Crippen LogP contribution >= 0.6 is 11.3 Å². The molecular formula is C47H31N3S. The first-order chi connectivity index (χ1) is 25.3. The molecule has 240 valence electrons. The first-order valence-electron chi connectivity index (χ1n) is 17.5. The van der Waals surface area contributed by atoms with Gasteiger partial charge in [0.1, 0.15) is 5.82 Å². The smallest absolute Gasteiger partial charge is 0.138 e. The molecule has 4 heteroatoms. The van der Waals surface area contributed by atoms with Crippen LogP contribution in [0.15, 0.2) is 176 Å². The van der Waals surface area contributed by atoms with Crippen LogP contribution in [0, 0.1) is 0 Å². The second kappa shape index (κ2) is 11.1. The summed E-state index contributed by atoms with van der Waals surface area (Å²) in [5.41, 5.74) is 10.7. The Kier molecular flexibility index (Phi) is 6.25. The van der Waals surface area contributed by atoms with Crippen molar-refractivity contribution >= 4 is 64.7 Å². The van der Waals surface area contributed by atoms with Crippen molar-refractivity contribution in [1.82, 2.24) is 9.55 Å². The molecule has 1 aliphatic heterocycles. The Hall–Kier alpha value is -6.23. The van der Waals surface area contributed by atoms with Gasteiger partial charge in [0.25, 0.3) is 0 Å². The predicted octanol–water partition coefficient (Wildman–Crippen LogP) is 12.6. The predicted molar refractivity (Wildman–Crippen MR) is 216 cm³/mol. The largest absolute Gasteiger partial charge is 0.332 e. The second-order valence-corrected chi connectivity index (χ2v) is 14.6. The molecule has 0 bridgehead atoms. The zero-order valence-corrected chi connectivity index (χ0v) is 28.5. The van der Waals surface area contributed by atoms with Crippen LogP contribution in [0.2, 0.25) is 0 Å². The van der Waals surface area contributed by atoms with E-state index in [0.717, 1.165) is 22.6 Å². The number of hydrogen-bond donors (Lipinski definition) is 0. The van der Waals surface area contributed by atoms with Gasteiger partial charge in [-0.1, -0.05) is 127 Å².